The summed E-state index contributed by atoms with van der Waals surface area (Å²) in [5.74, 6) is -0.0569. The molecule has 3 N–H and O–H groups in total. The number of benzene rings is 1. The van der Waals surface area contributed by atoms with Crippen molar-refractivity contribution in [3.63, 3.8) is 0 Å². The molecule has 0 heterocycles. The molecule has 0 spiro atoms. The monoisotopic (exact) mass is 329 g/mol. The number of halogens is 1. The first-order chi connectivity index (χ1) is 8.47. The molecule has 0 aliphatic rings. The van der Waals surface area contributed by atoms with Crippen LogP contribution in [0.25, 0.3) is 0 Å². The number of carbonyl (C=O) groups excluding carboxylic acids is 1. The second kappa shape index (κ2) is 7.45. The molecule has 0 unspecified atom stereocenters. The number of nitrogens with two attached hydrogens (primary N) is 1. The fourth-order valence-electron chi connectivity index (χ4n) is 1.39. The third kappa shape index (κ3) is 6.09. The maximum atomic E-state index is 11.7. The van der Waals surface area contributed by atoms with Gasteiger partial charge < -0.3 is 11.1 Å². The average Bonchev–Trinajstić information content (AvgIpc) is 2.26. The second-order valence-corrected chi connectivity index (χ2v) is 5.45. The molecular weight excluding hydrogens is 314 g/mol. The molecule has 0 saturated carbocycles. The lowest BCUT2D eigenvalue weighted by Gasteiger charge is -2.15. The summed E-state index contributed by atoms with van der Waals surface area (Å²) in [6, 6.07) is 7.48. The van der Waals surface area contributed by atoms with E-state index in [-0.39, 0.29) is 5.91 Å². The molecule has 0 radical (unpaired) electrons. The number of thiocarbonyl (C=S) groups is 1. The Kier molecular flexibility index (Phi) is 6.24. The standard InChI is InChI=1S/C12H16BrN3OS/c1-16(6-5-11(14)18)8-12(17)15-10-4-2-3-9(13)7-10/h2-4,7H,5-6,8H2,1H3,(H2,14,18)(H,15,17). The Balaban J connectivity index is 2.39. The zero-order valence-electron chi connectivity index (χ0n) is 10.1. The molecule has 0 bridgehead atoms. The van der Waals surface area contributed by atoms with Crippen molar-refractivity contribution < 1.29 is 4.79 Å². The summed E-state index contributed by atoms with van der Waals surface area (Å²) in [5, 5.41) is 2.83. The van der Waals surface area contributed by atoms with Crippen LogP contribution < -0.4 is 11.1 Å². The van der Waals surface area contributed by atoms with Gasteiger partial charge >= 0.3 is 0 Å². The van der Waals surface area contributed by atoms with Crippen molar-refractivity contribution in [2.75, 3.05) is 25.5 Å². The van der Waals surface area contributed by atoms with Crippen LogP contribution in [0.3, 0.4) is 0 Å². The number of anilines is 1. The number of nitrogens with one attached hydrogen (secondary N) is 1. The summed E-state index contributed by atoms with van der Waals surface area (Å²) in [7, 11) is 1.86. The van der Waals surface area contributed by atoms with Crippen LogP contribution >= 0.6 is 28.1 Å². The number of amides is 1. The Hall–Kier alpha value is -0.980. The molecule has 0 aliphatic heterocycles. The maximum absolute atomic E-state index is 11.7. The SMILES string of the molecule is CN(CCC(N)=S)CC(=O)Nc1cccc(Br)c1. The molecule has 6 heteroatoms. The zero-order chi connectivity index (χ0) is 13.5. The first kappa shape index (κ1) is 15.1. The molecule has 0 atom stereocenters. The van der Waals surface area contributed by atoms with Crippen molar-refractivity contribution in [3.05, 3.63) is 28.7 Å². The third-order valence-corrected chi connectivity index (χ3v) is 2.96. The largest absolute Gasteiger partial charge is 0.393 e. The van der Waals surface area contributed by atoms with Crippen LogP contribution in [0.4, 0.5) is 5.69 Å². The van der Waals surface area contributed by atoms with Gasteiger partial charge in [-0.1, -0.05) is 34.2 Å². The fraction of sp³-hybridized carbons (Fsp3) is 0.333. The van der Waals surface area contributed by atoms with Gasteiger partial charge in [-0.15, -0.1) is 0 Å². The molecule has 1 rings (SSSR count). The van der Waals surface area contributed by atoms with Crippen molar-refractivity contribution in [2.24, 2.45) is 5.73 Å². The van der Waals surface area contributed by atoms with Crippen molar-refractivity contribution >= 4 is 44.7 Å². The van der Waals surface area contributed by atoms with E-state index in [9.17, 15) is 4.79 Å². The third-order valence-electron chi connectivity index (χ3n) is 2.26. The van der Waals surface area contributed by atoms with E-state index in [4.69, 9.17) is 18.0 Å². The molecular formula is C12H16BrN3OS. The Morgan fingerprint density at radius 2 is 2.28 bits per heavy atom. The van der Waals surface area contributed by atoms with E-state index in [2.05, 4.69) is 21.2 Å². The minimum atomic E-state index is -0.0569. The molecule has 4 nitrogen and oxygen atoms in total. The summed E-state index contributed by atoms with van der Waals surface area (Å²) in [6.45, 7) is 0.996. The summed E-state index contributed by atoms with van der Waals surface area (Å²) in [6.07, 6.45) is 0.621. The van der Waals surface area contributed by atoms with Gasteiger partial charge in [0.15, 0.2) is 0 Å². The first-order valence-electron chi connectivity index (χ1n) is 5.49. The Labute approximate surface area is 121 Å². The maximum Gasteiger partial charge on any atom is 0.238 e. The van der Waals surface area contributed by atoms with Gasteiger partial charge in [0.1, 0.15) is 0 Å². The first-order valence-corrected chi connectivity index (χ1v) is 6.70. The summed E-state index contributed by atoms with van der Waals surface area (Å²) in [4.78, 5) is 14.1. The van der Waals surface area contributed by atoms with E-state index < -0.39 is 0 Å². The summed E-state index contributed by atoms with van der Waals surface area (Å²) in [5.41, 5.74) is 6.19. The number of likely N-dealkylation sites (N-methyl/N-ethyl adjacent to an activating group) is 1. The van der Waals surface area contributed by atoms with Gasteiger partial charge in [0.2, 0.25) is 5.91 Å². The Morgan fingerprint density at radius 1 is 1.56 bits per heavy atom. The highest BCUT2D eigenvalue weighted by Crippen LogP contribution is 2.15. The molecule has 18 heavy (non-hydrogen) atoms. The molecule has 1 amide bonds. The van der Waals surface area contributed by atoms with E-state index in [1.807, 2.05) is 36.2 Å². The average molecular weight is 330 g/mol. The van der Waals surface area contributed by atoms with Crippen LogP contribution in [0.2, 0.25) is 0 Å². The zero-order valence-corrected chi connectivity index (χ0v) is 12.6. The lowest BCUT2D eigenvalue weighted by Crippen LogP contribution is -2.32. The summed E-state index contributed by atoms with van der Waals surface area (Å²) < 4.78 is 0.933. The molecule has 0 saturated heterocycles. The van der Waals surface area contributed by atoms with Crippen molar-refractivity contribution in [3.8, 4) is 0 Å². The Morgan fingerprint density at radius 3 is 2.89 bits per heavy atom. The quantitative estimate of drug-likeness (QED) is 0.784. The van der Waals surface area contributed by atoms with Crippen LogP contribution in [0.1, 0.15) is 6.42 Å². The fourth-order valence-corrected chi connectivity index (χ4v) is 1.88. The predicted molar refractivity (Wildman–Crippen MR) is 81.7 cm³/mol. The predicted octanol–water partition coefficient (Wildman–Crippen LogP) is 2.00. The van der Waals surface area contributed by atoms with Crippen molar-refractivity contribution in [1.29, 1.82) is 0 Å². The van der Waals surface area contributed by atoms with Crippen LogP contribution in [0, 0.1) is 0 Å². The van der Waals surface area contributed by atoms with Gasteiger partial charge in [-0.3, -0.25) is 9.69 Å². The van der Waals surface area contributed by atoms with Crippen LogP contribution in [0.15, 0.2) is 28.7 Å². The van der Waals surface area contributed by atoms with Crippen LogP contribution in [-0.4, -0.2) is 35.9 Å². The summed E-state index contributed by atoms with van der Waals surface area (Å²) >= 11 is 8.15. The van der Waals surface area contributed by atoms with Gasteiger partial charge in [0.25, 0.3) is 0 Å². The molecule has 0 aromatic heterocycles. The molecule has 1 aromatic rings. The number of hydrogen-bond acceptors (Lipinski definition) is 3. The van der Waals surface area contributed by atoms with Crippen molar-refractivity contribution in [1.82, 2.24) is 4.90 Å². The number of nitrogens with zero attached hydrogens (tertiary/aromatic N) is 1. The van der Waals surface area contributed by atoms with Gasteiger partial charge in [-0.05, 0) is 25.2 Å². The highest BCUT2D eigenvalue weighted by Gasteiger charge is 2.07. The molecule has 0 aliphatic carbocycles. The van der Waals surface area contributed by atoms with E-state index in [0.717, 1.165) is 10.2 Å². The lowest BCUT2D eigenvalue weighted by atomic mass is 10.3. The highest BCUT2D eigenvalue weighted by molar-refractivity contribution is 9.10. The van der Waals surface area contributed by atoms with Gasteiger partial charge in [-0.2, -0.15) is 0 Å². The normalized spacial score (nSPS) is 10.4. The van der Waals surface area contributed by atoms with Crippen molar-refractivity contribution in [2.45, 2.75) is 6.42 Å². The minimum absolute atomic E-state index is 0.0569. The minimum Gasteiger partial charge on any atom is -0.393 e. The van der Waals surface area contributed by atoms with Gasteiger partial charge in [0.05, 0.1) is 11.5 Å². The van der Waals surface area contributed by atoms with Gasteiger partial charge in [0, 0.05) is 23.1 Å². The topological polar surface area (TPSA) is 58.4 Å². The van der Waals surface area contributed by atoms with Crippen LogP contribution in [0.5, 0.6) is 0 Å². The van der Waals surface area contributed by atoms with E-state index >= 15 is 0 Å². The molecule has 0 fully saturated rings. The van der Waals surface area contributed by atoms with E-state index in [1.54, 1.807) is 0 Å². The van der Waals surface area contributed by atoms with E-state index in [0.29, 0.717) is 24.5 Å². The van der Waals surface area contributed by atoms with Crippen LogP contribution in [-0.2, 0) is 4.79 Å². The molecule has 1 aromatic carbocycles. The van der Waals surface area contributed by atoms with E-state index in [1.165, 1.54) is 0 Å². The Bertz CT molecular complexity index is 439. The number of carbonyl (C=O) groups is 1. The molecule has 98 valence electrons. The number of rotatable bonds is 6. The lowest BCUT2D eigenvalue weighted by molar-refractivity contribution is -0.117. The second-order valence-electron chi connectivity index (χ2n) is 4.01. The number of hydrogen-bond donors (Lipinski definition) is 2. The van der Waals surface area contributed by atoms with Gasteiger partial charge in [-0.25, -0.2) is 0 Å². The highest BCUT2D eigenvalue weighted by atomic mass is 79.9. The smallest absolute Gasteiger partial charge is 0.238 e.